The third-order valence-corrected chi connectivity index (χ3v) is 1.85. The topological polar surface area (TPSA) is 99.8 Å². The second-order valence-electron chi connectivity index (χ2n) is 2.48. The van der Waals surface area contributed by atoms with E-state index in [0.29, 0.717) is 12.8 Å². The van der Waals surface area contributed by atoms with Crippen molar-refractivity contribution in [1.29, 1.82) is 0 Å². The maximum absolute atomic E-state index is 10.8. The summed E-state index contributed by atoms with van der Waals surface area (Å²) in [4.78, 5) is 21.5. The molecule has 0 saturated heterocycles. The first-order valence-corrected chi connectivity index (χ1v) is 3.01. The Bertz CT molecular complexity index is 185. The number of rotatable bonds is 2. The summed E-state index contributed by atoms with van der Waals surface area (Å²) in [6, 6.07) is 0. The lowest BCUT2D eigenvalue weighted by atomic mass is 10.1. The number of carbonyl (C=O) groups excluding carboxylic acids is 2. The first-order valence-electron chi connectivity index (χ1n) is 3.01. The van der Waals surface area contributed by atoms with Gasteiger partial charge in [-0.1, -0.05) is 0 Å². The fourth-order valence-electron chi connectivity index (χ4n) is 0.896. The van der Waals surface area contributed by atoms with Gasteiger partial charge < -0.3 is 0 Å². The van der Waals surface area contributed by atoms with Gasteiger partial charge in [0.1, 0.15) is 0 Å². The third kappa shape index (κ3) is 0.795. The zero-order chi connectivity index (χ0) is 7.78. The van der Waals surface area contributed by atoms with Gasteiger partial charge in [0.2, 0.25) is 0 Å². The molecule has 0 spiro atoms. The van der Waals surface area contributed by atoms with E-state index in [1.807, 2.05) is 5.43 Å². The predicted molar refractivity (Wildman–Crippen MR) is 31.9 cm³/mol. The van der Waals surface area contributed by atoms with Gasteiger partial charge in [-0.3, -0.25) is 16.0 Å². The molecule has 0 aliphatic heterocycles. The Hall–Kier alpha value is -0.940. The third-order valence-electron chi connectivity index (χ3n) is 1.85. The lowest BCUT2D eigenvalue weighted by Gasteiger charge is -2.03. The number of hydrogen-bond donors (Lipinski definition) is 3. The summed E-state index contributed by atoms with van der Waals surface area (Å²) in [5.41, 5.74) is 4.27. The van der Waals surface area contributed by atoms with Gasteiger partial charge in [-0.15, -0.1) is 0 Å². The molecule has 1 saturated carbocycles. The van der Waals surface area contributed by atoms with Crippen LogP contribution in [0.15, 0.2) is 0 Å². The predicted octanol–water partition coefficient (Wildman–Crippen LogP) is -2.47. The van der Waals surface area contributed by atoms with Gasteiger partial charge in [-0.2, -0.15) is 0 Å². The first-order chi connectivity index (χ1) is 4.63. The van der Waals surface area contributed by atoms with E-state index >= 15 is 0 Å². The average Bonchev–Trinajstić information content (AvgIpc) is 2.65. The molecule has 2 amide bonds. The molecular weight excluding hydrogens is 134 g/mol. The van der Waals surface area contributed by atoms with Crippen molar-refractivity contribution in [2.75, 3.05) is 0 Å². The monoisotopic (exact) mass is 144 g/mol. The molecule has 56 valence electrons. The summed E-state index contributed by atoms with van der Waals surface area (Å²) in [5, 5.41) is 0. The van der Waals surface area contributed by atoms with Crippen molar-refractivity contribution in [2.24, 2.45) is 11.3 Å². The van der Waals surface area contributed by atoms with Gasteiger partial charge in [0.25, 0.3) is 5.91 Å². The highest BCUT2D eigenvalue weighted by atomic mass is 16.2. The molecule has 1 rings (SSSR count). The molecule has 6 N–H and O–H groups in total. The summed E-state index contributed by atoms with van der Waals surface area (Å²) in [5.74, 6) is 4.11. The number of carbonyl (C=O) groups is 2. The smallest absolute Gasteiger partial charge is 0.294 e. The number of nitrogens with two attached hydrogens (primary N) is 1. The SMILES string of the molecule is NNC(=O)C1(C([NH3+])=O)CC1. The zero-order valence-electron chi connectivity index (χ0n) is 5.52. The molecule has 0 aromatic heterocycles. The largest absolute Gasteiger partial charge is 0.324 e. The summed E-state index contributed by atoms with van der Waals surface area (Å²) < 4.78 is 0. The number of amides is 2. The van der Waals surface area contributed by atoms with Crippen molar-refractivity contribution in [3.63, 3.8) is 0 Å². The Balaban J connectivity index is 2.69. The molecule has 0 unspecified atom stereocenters. The molecule has 1 fully saturated rings. The van der Waals surface area contributed by atoms with Crippen LogP contribution in [0.25, 0.3) is 0 Å². The van der Waals surface area contributed by atoms with E-state index in [1.54, 1.807) is 0 Å². The molecule has 0 aromatic carbocycles. The van der Waals surface area contributed by atoms with E-state index in [9.17, 15) is 9.59 Å². The van der Waals surface area contributed by atoms with Crippen LogP contribution in [0.2, 0.25) is 0 Å². The van der Waals surface area contributed by atoms with Gasteiger partial charge >= 0.3 is 5.91 Å². The quantitative estimate of drug-likeness (QED) is 0.173. The van der Waals surface area contributed by atoms with Gasteiger partial charge in [0.05, 0.1) is 0 Å². The molecule has 0 radical (unpaired) electrons. The maximum atomic E-state index is 10.8. The van der Waals surface area contributed by atoms with Crippen LogP contribution in [0.5, 0.6) is 0 Å². The van der Waals surface area contributed by atoms with Gasteiger partial charge in [-0.05, 0) is 12.8 Å². The molecule has 0 aromatic rings. The molecule has 1 aliphatic carbocycles. The molecule has 1 aliphatic rings. The van der Waals surface area contributed by atoms with E-state index in [2.05, 4.69) is 5.73 Å². The van der Waals surface area contributed by atoms with Crippen LogP contribution < -0.4 is 17.0 Å². The molecule has 5 nitrogen and oxygen atoms in total. The molecule has 10 heavy (non-hydrogen) atoms. The number of nitrogens with one attached hydrogen (secondary N) is 1. The normalized spacial score (nSPS) is 19.8. The fraction of sp³-hybridized carbons (Fsp3) is 0.600. The van der Waals surface area contributed by atoms with Crippen molar-refractivity contribution >= 4 is 11.8 Å². The van der Waals surface area contributed by atoms with Crippen molar-refractivity contribution in [2.45, 2.75) is 12.8 Å². The summed E-state index contributed by atoms with van der Waals surface area (Å²) >= 11 is 0. The molecule has 5 heteroatoms. The highest BCUT2D eigenvalue weighted by Crippen LogP contribution is 2.44. The summed E-state index contributed by atoms with van der Waals surface area (Å²) in [7, 11) is 0. The van der Waals surface area contributed by atoms with Crippen LogP contribution in [0, 0.1) is 5.41 Å². The van der Waals surface area contributed by atoms with Crippen LogP contribution in [-0.4, -0.2) is 11.8 Å². The molecule has 0 atom stereocenters. The van der Waals surface area contributed by atoms with Gasteiger partial charge in [0.15, 0.2) is 5.41 Å². The van der Waals surface area contributed by atoms with Crippen molar-refractivity contribution in [3.05, 3.63) is 0 Å². The molecule has 0 bridgehead atoms. The van der Waals surface area contributed by atoms with Crippen LogP contribution in [0.4, 0.5) is 0 Å². The van der Waals surface area contributed by atoms with Crippen LogP contribution in [0.1, 0.15) is 12.8 Å². The Labute approximate surface area is 57.7 Å². The van der Waals surface area contributed by atoms with E-state index in [0.717, 1.165) is 0 Å². The Morgan fingerprint density at radius 2 is 2.00 bits per heavy atom. The van der Waals surface area contributed by atoms with E-state index in [1.165, 1.54) is 0 Å². The molecular formula is C5H10N3O2+. The van der Waals surface area contributed by atoms with E-state index in [4.69, 9.17) is 5.84 Å². The number of hydrazine groups is 1. The van der Waals surface area contributed by atoms with Crippen molar-refractivity contribution < 1.29 is 15.3 Å². The Kier molecular flexibility index (Phi) is 1.46. The Morgan fingerprint density at radius 3 is 2.10 bits per heavy atom. The van der Waals surface area contributed by atoms with E-state index in [-0.39, 0.29) is 5.91 Å². The summed E-state index contributed by atoms with van der Waals surface area (Å²) in [6.45, 7) is 0. The highest BCUT2D eigenvalue weighted by Gasteiger charge is 2.58. The average molecular weight is 144 g/mol. The lowest BCUT2D eigenvalue weighted by molar-refractivity contribution is -0.311. The lowest BCUT2D eigenvalue weighted by Crippen LogP contribution is -2.64. The van der Waals surface area contributed by atoms with Crippen molar-refractivity contribution in [3.8, 4) is 0 Å². The van der Waals surface area contributed by atoms with Crippen LogP contribution >= 0.6 is 0 Å². The van der Waals surface area contributed by atoms with Gasteiger partial charge in [0, 0.05) is 0 Å². The standard InChI is InChI=1S/C5H9N3O2/c6-3(9)5(1-2-5)4(10)8-7/h1-2,7H2,(H2,6,9)(H,8,10)/p+1. The van der Waals surface area contributed by atoms with Gasteiger partial charge in [-0.25, -0.2) is 10.6 Å². The minimum atomic E-state index is -0.866. The minimum absolute atomic E-state index is 0.338. The maximum Gasteiger partial charge on any atom is 0.324 e. The number of hydrogen-bond acceptors (Lipinski definition) is 3. The van der Waals surface area contributed by atoms with Crippen LogP contribution in [0.3, 0.4) is 0 Å². The van der Waals surface area contributed by atoms with Crippen molar-refractivity contribution in [1.82, 2.24) is 5.43 Å². The Morgan fingerprint density at radius 1 is 1.50 bits per heavy atom. The number of quaternary nitrogens is 1. The van der Waals surface area contributed by atoms with Crippen LogP contribution in [-0.2, 0) is 9.59 Å². The second-order valence-corrected chi connectivity index (χ2v) is 2.48. The molecule has 0 heterocycles. The van der Waals surface area contributed by atoms with E-state index < -0.39 is 11.3 Å². The fourth-order valence-corrected chi connectivity index (χ4v) is 0.896. The highest BCUT2D eigenvalue weighted by molar-refractivity contribution is 6.03. The minimum Gasteiger partial charge on any atom is -0.294 e. The second kappa shape index (κ2) is 2.03. The zero-order valence-corrected chi connectivity index (χ0v) is 5.52. The first kappa shape index (κ1) is 7.17. The summed E-state index contributed by atoms with van der Waals surface area (Å²) in [6.07, 6.45) is 1.16.